The molecule has 0 saturated heterocycles. The van der Waals surface area contributed by atoms with Crippen LogP contribution in [-0.4, -0.2) is 85.2 Å². The SMILES string of the molecule is C/C(=C/CC[C@@H](C)[C@H]1CC(=O)[C@@]2(C)C3=C(C(=O)[C@@H](O)[C@]12C)[C@@]1(C)CC[C@H](O)[C@](C)(COC(=O)C[C@@](C)(O)CC(=O)O)[C@@H]1CC3=O)C(=O)O. The zero-order valence-corrected chi connectivity index (χ0v) is 28.9. The molecule has 2 fully saturated rings. The molecular weight excluding hydrogens is 624 g/mol. The molecule has 48 heavy (non-hydrogen) atoms. The van der Waals surface area contributed by atoms with Gasteiger partial charge in [-0.3, -0.25) is 24.0 Å². The number of aliphatic hydroxyl groups is 3. The number of hydrogen-bond acceptors (Lipinski definition) is 10. The van der Waals surface area contributed by atoms with Crippen LogP contribution in [0.15, 0.2) is 22.8 Å². The summed E-state index contributed by atoms with van der Waals surface area (Å²) in [5, 5.41) is 51.8. The molecule has 0 aromatic heterocycles. The average molecular weight is 675 g/mol. The van der Waals surface area contributed by atoms with Crippen molar-refractivity contribution in [3.05, 3.63) is 22.8 Å². The lowest BCUT2D eigenvalue weighted by Gasteiger charge is -2.61. The van der Waals surface area contributed by atoms with Crippen molar-refractivity contribution in [2.75, 3.05) is 6.61 Å². The van der Waals surface area contributed by atoms with E-state index in [1.807, 2.05) is 6.92 Å². The molecule has 4 rings (SSSR count). The van der Waals surface area contributed by atoms with E-state index in [-0.39, 0.29) is 60.7 Å². The number of Topliss-reactive ketones (excluding diaryl/α,β-unsaturated/α-hetero) is 3. The highest BCUT2D eigenvalue weighted by molar-refractivity contribution is 6.17. The predicted molar refractivity (Wildman–Crippen MR) is 170 cm³/mol. The molecule has 0 aliphatic heterocycles. The first kappa shape index (κ1) is 37.6. The first-order valence-electron chi connectivity index (χ1n) is 16.7. The van der Waals surface area contributed by atoms with Gasteiger partial charge in [0.15, 0.2) is 11.6 Å². The number of carboxylic acids is 2. The number of ketones is 3. The molecule has 4 aliphatic rings. The third-order valence-corrected chi connectivity index (χ3v) is 12.8. The van der Waals surface area contributed by atoms with Crippen molar-refractivity contribution >= 4 is 35.3 Å². The Hall–Kier alpha value is -3.22. The average Bonchev–Trinajstić information content (AvgIpc) is 3.19. The zero-order chi connectivity index (χ0) is 36.4. The molecule has 5 N–H and O–H groups in total. The van der Waals surface area contributed by atoms with Crippen molar-refractivity contribution < 1.29 is 59.0 Å². The Balaban J connectivity index is 1.71. The van der Waals surface area contributed by atoms with E-state index in [0.717, 1.165) is 0 Å². The number of carbonyl (C=O) groups is 6. The van der Waals surface area contributed by atoms with E-state index in [9.17, 15) is 49.2 Å². The normalized spacial score (nSPS) is 38.5. The number of carboxylic acid groups (broad SMARTS) is 2. The fourth-order valence-corrected chi connectivity index (χ4v) is 9.71. The van der Waals surface area contributed by atoms with E-state index < -0.39 is 93.6 Å². The van der Waals surface area contributed by atoms with Gasteiger partial charge in [0.25, 0.3) is 0 Å². The summed E-state index contributed by atoms with van der Waals surface area (Å²) in [6, 6.07) is 0. The topological polar surface area (TPSA) is 213 Å². The number of allylic oxidation sites excluding steroid dienone is 2. The monoisotopic (exact) mass is 674 g/mol. The third-order valence-electron chi connectivity index (χ3n) is 12.8. The largest absolute Gasteiger partial charge is 0.481 e. The van der Waals surface area contributed by atoms with Crippen LogP contribution in [-0.2, 0) is 33.5 Å². The number of ether oxygens (including phenoxy) is 1. The van der Waals surface area contributed by atoms with Crippen molar-refractivity contribution in [3.63, 3.8) is 0 Å². The minimum atomic E-state index is -1.87. The van der Waals surface area contributed by atoms with Crippen LogP contribution in [0, 0.1) is 39.4 Å². The molecular formula is C36H50O12. The molecule has 0 aromatic carbocycles. The van der Waals surface area contributed by atoms with Gasteiger partial charge in [-0.15, -0.1) is 0 Å². The summed E-state index contributed by atoms with van der Waals surface area (Å²) in [7, 11) is 0. The lowest BCUT2D eigenvalue weighted by Crippen LogP contribution is -2.65. The summed E-state index contributed by atoms with van der Waals surface area (Å²) in [6.45, 7) is 11.1. The van der Waals surface area contributed by atoms with E-state index in [1.54, 1.807) is 33.8 Å². The fraction of sp³-hybridized carbons (Fsp3) is 0.722. The Morgan fingerprint density at radius 1 is 1.02 bits per heavy atom. The summed E-state index contributed by atoms with van der Waals surface area (Å²) >= 11 is 0. The number of aliphatic carboxylic acids is 2. The smallest absolute Gasteiger partial charge is 0.330 e. The van der Waals surface area contributed by atoms with Crippen LogP contribution in [0.25, 0.3) is 0 Å². The highest BCUT2D eigenvalue weighted by Crippen LogP contribution is 2.70. The second-order valence-corrected chi connectivity index (χ2v) is 16.0. The molecule has 4 aliphatic carbocycles. The van der Waals surface area contributed by atoms with Crippen LogP contribution in [0.1, 0.15) is 99.8 Å². The summed E-state index contributed by atoms with van der Waals surface area (Å²) in [5.41, 5.74) is -6.51. The Morgan fingerprint density at radius 3 is 2.23 bits per heavy atom. The molecule has 10 atom stereocenters. The summed E-state index contributed by atoms with van der Waals surface area (Å²) in [4.78, 5) is 78.0. The van der Waals surface area contributed by atoms with E-state index in [0.29, 0.717) is 12.8 Å². The predicted octanol–water partition coefficient (Wildman–Crippen LogP) is 3.19. The lowest BCUT2D eigenvalue weighted by atomic mass is 9.42. The van der Waals surface area contributed by atoms with Crippen LogP contribution in [0.5, 0.6) is 0 Å². The summed E-state index contributed by atoms with van der Waals surface area (Å²) < 4.78 is 5.50. The number of rotatable bonds is 11. The fourth-order valence-electron chi connectivity index (χ4n) is 9.71. The molecule has 0 unspecified atom stereocenters. The number of fused-ring (bicyclic) bond motifs is 4. The lowest BCUT2D eigenvalue weighted by molar-refractivity contribution is -0.174. The van der Waals surface area contributed by atoms with Gasteiger partial charge in [-0.2, -0.15) is 0 Å². The summed E-state index contributed by atoms with van der Waals surface area (Å²) in [6.07, 6.45) is -1.04. The number of hydrogen-bond donors (Lipinski definition) is 5. The van der Waals surface area contributed by atoms with Gasteiger partial charge in [0.2, 0.25) is 0 Å². The van der Waals surface area contributed by atoms with Gasteiger partial charge >= 0.3 is 17.9 Å². The van der Waals surface area contributed by atoms with Gasteiger partial charge in [0, 0.05) is 45.8 Å². The van der Waals surface area contributed by atoms with Crippen molar-refractivity contribution in [1.29, 1.82) is 0 Å². The van der Waals surface area contributed by atoms with Crippen LogP contribution < -0.4 is 0 Å². The first-order valence-corrected chi connectivity index (χ1v) is 16.7. The molecule has 266 valence electrons. The van der Waals surface area contributed by atoms with Gasteiger partial charge in [0.1, 0.15) is 11.9 Å². The van der Waals surface area contributed by atoms with Crippen LogP contribution in [0.4, 0.5) is 0 Å². The van der Waals surface area contributed by atoms with E-state index in [1.165, 1.54) is 13.8 Å². The standard InChI is InChI=1S/C36H50O12/c1-18(9-8-10-19(2)31(45)46)20-13-24(39)36(7)27-21(37)14-22-33(4,28(27)29(43)30(44)35(20,36)6)12-11-23(38)34(22,5)17-48-26(42)16-32(3,47)15-25(40)41/h10,18,20,22-23,30,38,44,47H,8-9,11-17H2,1-7H3,(H,40,41)(H,45,46)/b19-10-/t18-,20-,22-,23+,30-,32+,33+,34-,35+,36+/m1/s1. The van der Waals surface area contributed by atoms with Crippen LogP contribution in [0.2, 0.25) is 0 Å². The van der Waals surface area contributed by atoms with Gasteiger partial charge in [-0.1, -0.05) is 33.8 Å². The molecule has 0 radical (unpaired) electrons. The third kappa shape index (κ3) is 5.77. The van der Waals surface area contributed by atoms with Crippen LogP contribution >= 0.6 is 0 Å². The first-order chi connectivity index (χ1) is 22.0. The molecule has 2 saturated carbocycles. The van der Waals surface area contributed by atoms with E-state index in [2.05, 4.69) is 0 Å². The molecule has 12 heteroatoms. The van der Waals surface area contributed by atoms with Crippen molar-refractivity contribution in [2.24, 2.45) is 39.4 Å². The maximum atomic E-state index is 14.4. The minimum absolute atomic E-state index is 0.0440. The van der Waals surface area contributed by atoms with Gasteiger partial charge in [-0.05, 0) is 64.2 Å². The summed E-state index contributed by atoms with van der Waals surface area (Å²) in [5.74, 6) is -5.87. The number of carbonyl (C=O) groups excluding carboxylic acids is 4. The molecule has 0 amide bonds. The Kier molecular flexibility index (Phi) is 9.86. The van der Waals surface area contributed by atoms with E-state index in [4.69, 9.17) is 9.84 Å². The van der Waals surface area contributed by atoms with Gasteiger partial charge in [0.05, 0.1) is 36.6 Å². The Morgan fingerprint density at radius 2 is 1.65 bits per heavy atom. The molecule has 12 nitrogen and oxygen atoms in total. The molecule has 0 aromatic rings. The highest BCUT2D eigenvalue weighted by atomic mass is 16.5. The molecule has 0 spiro atoms. The highest BCUT2D eigenvalue weighted by Gasteiger charge is 2.73. The van der Waals surface area contributed by atoms with Gasteiger partial charge < -0.3 is 30.3 Å². The van der Waals surface area contributed by atoms with Crippen LogP contribution in [0.3, 0.4) is 0 Å². The second kappa shape index (κ2) is 12.6. The number of aliphatic hydroxyl groups excluding tert-OH is 2. The number of esters is 1. The maximum Gasteiger partial charge on any atom is 0.330 e. The van der Waals surface area contributed by atoms with Gasteiger partial charge in [-0.25, -0.2) is 4.79 Å². The Labute approximate surface area is 280 Å². The van der Waals surface area contributed by atoms with Crippen molar-refractivity contribution in [1.82, 2.24) is 0 Å². The minimum Gasteiger partial charge on any atom is -0.481 e. The quantitative estimate of drug-likeness (QED) is 0.158. The maximum absolute atomic E-state index is 14.4. The van der Waals surface area contributed by atoms with Crippen molar-refractivity contribution in [2.45, 2.75) is 118 Å². The molecule has 0 bridgehead atoms. The Bertz CT molecular complexity index is 1490. The van der Waals surface area contributed by atoms with E-state index >= 15 is 0 Å². The molecule has 0 heterocycles. The zero-order valence-electron chi connectivity index (χ0n) is 28.9. The van der Waals surface area contributed by atoms with Crippen molar-refractivity contribution in [3.8, 4) is 0 Å². The second-order valence-electron chi connectivity index (χ2n) is 16.0.